The lowest BCUT2D eigenvalue weighted by molar-refractivity contribution is -0.137. The Bertz CT molecular complexity index is 1100. The molecule has 1 aliphatic rings. The van der Waals surface area contributed by atoms with Crippen LogP contribution in [0.5, 0.6) is 0 Å². The van der Waals surface area contributed by atoms with Crippen LogP contribution < -0.4 is 15.1 Å². The third kappa shape index (κ3) is 5.54. The zero-order valence-electron chi connectivity index (χ0n) is 18.1. The summed E-state index contributed by atoms with van der Waals surface area (Å²) >= 11 is 6.17. The van der Waals surface area contributed by atoms with Crippen molar-refractivity contribution in [1.82, 2.24) is 20.3 Å². The molecule has 3 heterocycles. The van der Waals surface area contributed by atoms with Gasteiger partial charge in [0.25, 0.3) is 0 Å². The summed E-state index contributed by atoms with van der Waals surface area (Å²) in [6.45, 7) is 5.14. The average Bonchev–Trinajstić information content (AvgIpc) is 2.82. The van der Waals surface area contributed by atoms with Gasteiger partial charge in [-0.15, -0.1) is 0 Å². The number of anilines is 2. The Balaban J connectivity index is 1.57. The lowest BCUT2D eigenvalue weighted by Crippen LogP contribution is -2.47. The number of alkyl halides is 3. The number of benzene rings is 1. The van der Waals surface area contributed by atoms with Crippen LogP contribution in [0, 0.1) is 0 Å². The highest BCUT2D eigenvalue weighted by molar-refractivity contribution is 6.30. The second-order valence-electron chi connectivity index (χ2n) is 7.66. The molecule has 1 fully saturated rings. The van der Waals surface area contributed by atoms with E-state index in [9.17, 15) is 13.2 Å². The van der Waals surface area contributed by atoms with Crippen LogP contribution in [-0.4, -0.2) is 47.7 Å². The molecule has 0 bridgehead atoms. The predicted octanol–water partition coefficient (Wildman–Crippen LogP) is 4.65. The Morgan fingerprint density at radius 3 is 2.45 bits per heavy atom. The minimum Gasteiger partial charge on any atom is -0.353 e. The average molecular weight is 477 g/mol. The Hall–Kier alpha value is -2.91. The molecular formula is C23H24ClF3N6. The van der Waals surface area contributed by atoms with E-state index in [1.54, 1.807) is 11.0 Å². The van der Waals surface area contributed by atoms with Crippen molar-refractivity contribution in [2.45, 2.75) is 19.6 Å². The summed E-state index contributed by atoms with van der Waals surface area (Å²) in [5.74, 6) is 1.36. The molecule has 0 spiro atoms. The van der Waals surface area contributed by atoms with Crippen molar-refractivity contribution in [3.63, 3.8) is 0 Å². The third-order valence-electron chi connectivity index (χ3n) is 5.41. The number of rotatable bonds is 6. The Kier molecular flexibility index (Phi) is 6.99. The van der Waals surface area contributed by atoms with Gasteiger partial charge in [-0.25, -0.2) is 15.0 Å². The molecule has 2 aromatic heterocycles. The first kappa shape index (κ1) is 23.3. The number of nitrogens with zero attached hydrogens (tertiary/aromatic N) is 5. The van der Waals surface area contributed by atoms with Crippen LogP contribution in [0.1, 0.15) is 18.3 Å². The second kappa shape index (κ2) is 9.93. The fourth-order valence-electron chi connectivity index (χ4n) is 3.77. The van der Waals surface area contributed by atoms with Crippen LogP contribution >= 0.6 is 11.6 Å². The van der Waals surface area contributed by atoms with E-state index >= 15 is 0 Å². The first-order valence-corrected chi connectivity index (χ1v) is 11.1. The zero-order chi connectivity index (χ0) is 23.4. The van der Waals surface area contributed by atoms with Crippen molar-refractivity contribution in [3.05, 3.63) is 65.1 Å². The van der Waals surface area contributed by atoms with E-state index in [4.69, 9.17) is 16.6 Å². The van der Waals surface area contributed by atoms with Crippen molar-refractivity contribution in [2.75, 3.05) is 42.5 Å². The molecule has 0 amide bonds. The van der Waals surface area contributed by atoms with E-state index in [0.29, 0.717) is 43.6 Å². The highest BCUT2D eigenvalue weighted by Gasteiger charge is 2.36. The number of hydrogen-bond acceptors (Lipinski definition) is 6. The van der Waals surface area contributed by atoms with Gasteiger partial charge in [0.15, 0.2) is 0 Å². The number of nitrogens with one attached hydrogen (secondary N) is 1. The largest absolute Gasteiger partial charge is 0.419 e. The second-order valence-corrected chi connectivity index (χ2v) is 8.10. The van der Waals surface area contributed by atoms with Gasteiger partial charge in [-0.1, -0.05) is 30.7 Å². The lowest BCUT2D eigenvalue weighted by Gasteiger charge is -2.37. The SMILES string of the molecule is CCNCc1nc(-c2cccc(Cl)c2)cc(N2CCN(c3ncccc3C(F)(F)F)CC2)n1. The first-order valence-electron chi connectivity index (χ1n) is 10.7. The maximum atomic E-state index is 13.4. The topological polar surface area (TPSA) is 57.2 Å². The molecule has 1 aliphatic heterocycles. The summed E-state index contributed by atoms with van der Waals surface area (Å²) in [5, 5.41) is 3.86. The molecule has 0 saturated carbocycles. The number of aromatic nitrogens is 3. The molecule has 4 rings (SSSR count). The van der Waals surface area contributed by atoms with E-state index in [1.165, 1.54) is 12.3 Å². The van der Waals surface area contributed by atoms with E-state index in [0.717, 1.165) is 29.7 Å². The number of hydrogen-bond donors (Lipinski definition) is 1. The summed E-state index contributed by atoms with van der Waals surface area (Å²) < 4.78 is 40.2. The lowest BCUT2D eigenvalue weighted by atomic mass is 10.1. The molecule has 0 aliphatic carbocycles. The number of piperazine rings is 1. The zero-order valence-corrected chi connectivity index (χ0v) is 18.9. The molecule has 174 valence electrons. The maximum absolute atomic E-state index is 13.4. The summed E-state index contributed by atoms with van der Waals surface area (Å²) in [4.78, 5) is 17.1. The molecule has 10 heteroatoms. The first-order chi connectivity index (χ1) is 15.8. The van der Waals surface area contributed by atoms with Crippen molar-refractivity contribution in [3.8, 4) is 11.3 Å². The number of halogens is 4. The molecule has 1 saturated heterocycles. The monoisotopic (exact) mass is 476 g/mol. The van der Waals surface area contributed by atoms with Gasteiger partial charge in [0, 0.05) is 49.0 Å². The van der Waals surface area contributed by atoms with Crippen LogP contribution in [0.2, 0.25) is 5.02 Å². The molecule has 0 unspecified atom stereocenters. The highest BCUT2D eigenvalue weighted by Crippen LogP contribution is 2.35. The molecule has 6 nitrogen and oxygen atoms in total. The molecule has 1 N–H and O–H groups in total. The van der Waals surface area contributed by atoms with Crippen LogP contribution in [-0.2, 0) is 12.7 Å². The van der Waals surface area contributed by atoms with Gasteiger partial charge in [0.05, 0.1) is 17.8 Å². The van der Waals surface area contributed by atoms with Crippen LogP contribution in [0.4, 0.5) is 24.8 Å². The van der Waals surface area contributed by atoms with E-state index in [-0.39, 0.29) is 5.82 Å². The van der Waals surface area contributed by atoms with Crippen LogP contribution in [0.15, 0.2) is 48.7 Å². The van der Waals surface area contributed by atoms with E-state index in [2.05, 4.69) is 20.2 Å². The maximum Gasteiger partial charge on any atom is 0.419 e. The minimum absolute atomic E-state index is 0.0280. The summed E-state index contributed by atoms with van der Waals surface area (Å²) in [6.07, 6.45) is -3.05. The standard InChI is InChI=1S/C23H24ClF3N6/c1-2-28-15-20-30-19(16-5-3-6-17(24)13-16)14-21(31-20)32-9-11-33(12-10-32)22-18(23(25,26)27)7-4-8-29-22/h3-8,13-14,28H,2,9-12,15H2,1H3. The fourth-order valence-corrected chi connectivity index (χ4v) is 3.96. The molecular weight excluding hydrogens is 453 g/mol. The van der Waals surface area contributed by atoms with Gasteiger partial charge in [-0.2, -0.15) is 13.2 Å². The van der Waals surface area contributed by atoms with E-state index < -0.39 is 11.7 Å². The molecule has 33 heavy (non-hydrogen) atoms. The molecule has 0 atom stereocenters. The van der Waals surface area contributed by atoms with Gasteiger partial charge < -0.3 is 15.1 Å². The van der Waals surface area contributed by atoms with Gasteiger partial charge in [-0.05, 0) is 30.8 Å². The third-order valence-corrected chi connectivity index (χ3v) is 5.64. The normalized spacial score (nSPS) is 14.6. The summed E-state index contributed by atoms with van der Waals surface area (Å²) in [6, 6.07) is 11.7. The number of pyridine rings is 1. The van der Waals surface area contributed by atoms with Crippen molar-refractivity contribution >= 4 is 23.2 Å². The minimum atomic E-state index is -4.44. The smallest absolute Gasteiger partial charge is 0.353 e. The van der Waals surface area contributed by atoms with Gasteiger partial charge >= 0.3 is 6.18 Å². The van der Waals surface area contributed by atoms with E-state index in [1.807, 2.05) is 31.2 Å². The van der Waals surface area contributed by atoms with Crippen LogP contribution in [0.25, 0.3) is 11.3 Å². The summed E-state index contributed by atoms with van der Waals surface area (Å²) in [7, 11) is 0. The van der Waals surface area contributed by atoms with Crippen molar-refractivity contribution in [1.29, 1.82) is 0 Å². The summed E-state index contributed by atoms with van der Waals surface area (Å²) in [5.41, 5.74) is 0.921. The Morgan fingerprint density at radius 2 is 1.76 bits per heavy atom. The predicted molar refractivity (Wildman–Crippen MR) is 124 cm³/mol. The van der Waals surface area contributed by atoms with Gasteiger partial charge in [-0.3, -0.25) is 0 Å². The highest BCUT2D eigenvalue weighted by atomic mass is 35.5. The molecule has 3 aromatic rings. The van der Waals surface area contributed by atoms with Crippen molar-refractivity contribution in [2.24, 2.45) is 0 Å². The fraction of sp³-hybridized carbons (Fsp3) is 0.348. The van der Waals surface area contributed by atoms with Gasteiger partial charge in [0.1, 0.15) is 17.5 Å². The molecule has 1 aromatic carbocycles. The van der Waals surface area contributed by atoms with Gasteiger partial charge in [0.2, 0.25) is 0 Å². The Morgan fingerprint density at radius 1 is 1.00 bits per heavy atom. The quantitative estimate of drug-likeness (QED) is 0.559. The van der Waals surface area contributed by atoms with Crippen molar-refractivity contribution < 1.29 is 13.2 Å². The molecule has 0 radical (unpaired) electrons. The Labute approximate surface area is 195 Å². The van der Waals surface area contributed by atoms with Crippen LogP contribution in [0.3, 0.4) is 0 Å².